The van der Waals surface area contributed by atoms with Crippen LogP contribution in [0.15, 0.2) is 26.4 Å². The first-order valence-corrected chi connectivity index (χ1v) is 7.99. The molecule has 2 aromatic rings. The quantitative estimate of drug-likeness (QED) is 0.555. The SMILES string of the molecule is N#CC(=C1Sc2nc(C#N)c(C#N)nc2S1)c1cc(F)c(F)cc1F. The molecule has 0 bridgehead atoms. The van der Waals surface area contributed by atoms with Crippen molar-refractivity contribution in [1.82, 2.24) is 9.97 Å². The lowest BCUT2D eigenvalue weighted by molar-refractivity contribution is 0.494. The van der Waals surface area contributed by atoms with Crippen molar-refractivity contribution in [1.29, 1.82) is 15.8 Å². The molecule has 0 amide bonds. The monoisotopic (exact) mass is 373 g/mol. The Hall–Kier alpha value is -3.00. The van der Waals surface area contributed by atoms with Gasteiger partial charge in [0.2, 0.25) is 0 Å². The van der Waals surface area contributed by atoms with Gasteiger partial charge in [0, 0.05) is 11.6 Å². The van der Waals surface area contributed by atoms with Crippen LogP contribution in [0.4, 0.5) is 13.2 Å². The second-order valence-corrected chi connectivity index (χ2v) is 6.74. The highest BCUT2D eigenvalue weighted by molar-refractivity contribution is 8.24. The highest BCUT2D eigenvalue weighted by atomic mass is 32.2. The zero-order chi connectivity index (χ0) is 18.1. The molecule has 0 saturated carbocycles. The molecule has 1 aromatic carbocycles. The molecule has 0 N–H and O–H groups in total. The van der Waals surface area contributed by atoms with Crippen LogP contribution in [0.5, 0.6) is 0 Å². The number of hydrogen-bond acceptors (Lipinski definition) is 7. The molecule has 5 nitrogen and oxygen atoms in total. The summed E-state index contributed by atoms with van der Waals surface area (Å²) in [4.78, 5) is 7.96. The van der Waals surface area contributed by atoms with Crippen molar-refractivity contribution in [3.8, 4) is 18.2 Å². The maximum absolute atomic E-state index is 14.0. The fraction of sp³-hybridized carbons (Fsp3) is 0. The van der Waals surface area contributed by atoms with Gasteiger partial charge in [-0.15, -0.1) is 0 Å². The number of nitrogens with zero attached hydrogens (tertiary/aromatic N) is 5. The van der Waals surface area contributed by atoms with Gasteiger partial charge in [0.25, 0.3) is 0 Å². The van der Waals surface area contributed by atoms with Crippen LogP contribution in [0, 0.1) is 51.4 Å². The van der Waals surface area contributed by atoms with Gasteiger partial charge < -0.3 is 0 Å². The van der Waals surface area contributed by atoms with E-state index in [0.717, 1.165) is 23.5 Å². The van der Waals surface area contributed by atoms with Gasteiger partial charge in [0.05, 0.1) is 9.81 Å². The molecule has 10 heteroatoms. The van der Waals surface area contributed by atoms with Gasteiger partial charge in [-0.3, -0.25) is 0 Å². The van der Waals surface area contributed by atoms with Gasteiger partial charge in [-0.25, -0.2) is 23.1 Å². The lowest BCUT2D eigenvalue weighted by Gasteiger charge is -2.05. The van der Waals surface area contributed by atoms with Crippen LogP contribution < -0.4 is 0 Å². The maximum atomic E-state index is 14.0. The van der Waals surface area contributed by atoms with Crippen molar-refractivity contribution in [2.75, 3.05) is 0 Å². The first-order valence-electron chi connectivity index (χ1n) is 6.35. The van der Waals surface area contributed by atoms with Crippen LogP contribution in [-0.4, -0.2) is 9.97 Å². The molecule has 1 aromatic heterocycles. The highest BCUT2D eigenvalue weighted by Crippen LogP contribution is 2.52. The van der Waals surface area contributed by atoms with Gasteiger partial charge in [-0.1, -0.05) is 23.5 Å². The zero-order valence-electron chi connectivity index (χ0n) is 11.8. The average molecular weight is 373 g/mol. The van der Waals surface area contributed by atoms with Gasteiger partial charge >= 0.3 is 0 Å². The summed E-state index contributed by atoms with van der Waals surface area (Å²) in [5.41, 5.74) is -0.963. The first kappa shape index (κ1) is 16.8. The molecular formula is C15H2F3N5S2. The molecule has 25 heavy (non-hydrogen) atoms. The third-order valence-corrected chi connectivity index (χ3v) is 5.38. The second kappa shape index (κ2) is 6.48. The molecule has 0 fully saturated rings. The summed E-state index contributed by atoms with van der Waals surface area (Å²) in [6, 6.07) is 6.20. The number of halogens is 3. The Morgan fingerprint density at radius 2 is 1.36 bits per heavy atom. The summed E-state index contributed by atoms with van der Waals surface area (Å²) in [6.45, 7) is 0. The Bertz CT molecular complexity index is 1030. The van der Waals surface area contributed by atoms with E-state index in [4.69, 9.17) is 10.5 Å². The molecule has 1 aliphatic rings. The van der Waals surface area contributed by atoms with E-state index in [1.165, 1.54) is 0 Å². The van der Waals surface area contributed by atoms with Crippen LogP contribution >= 0.6 is 23.5 Å². The zero-order valence-corrected chi connectivity index (χ0v) is 13.5. The lowest BCUT2D eigenvalue weighted by Crippen LogP contribution is -1.96. The lowest BCUT2D eigenvalue weighted by atomic mass is 10.1. The third kappa shape index (κ3) is 2.91. The predicted octanol–water partition coefficient (Wildman–Crippen LogP) is 3.73. The predicted molar refractivity (Wildman–Crippen MR) is 82.0 cm³/mol. The van der Waals surface area contributed by atoms with E-state index >= 15 is 0 Å². The summed E-state index contributed by atoms with van der Waals surface area (Å²) in [6.07, 6.45) is 0. The van der Waals surface area contributed by atoms with Crippen LogP contribution in [0.1, 0.15) is 17.0 Å². The standard InChI is InChI=1S/C15H2F3N5S2/c16-8-2-10(18)9(17)1-6(8)7(3-19)15-24-13-14(25-15)23-12(5-21)11(4-20)22-13/h1-2H. The molecule has 120 valence electrons. The van der Waals surface area contributed by atoms with E-state index in [-0.39, 0.29) is 31.3 Å². The molecule has 1 aliphatic heterocycles. The number of fused-ring (bicyclic) bond motifs is 1. The molecule has 0 aliphatic carbocycles. The van der Waals surface area contributed by atoms with Crippen LogP contribution in [0.25, 0.3) is 5.57 Å². The van der Waals surface area contributed by atoms with Gasteiger partial charge in [0.15, 0.2) is 23.0 Å². The van der Waals surface area contributed by atoms with E-state index in [2.05, 4.69) is 9.97 Å². The summed E-state index contributed by atoms with van der Waals surface area (Å²) in [5.74, 6) is -3.74. The second-order valence-electron chi connectivity index (χ2n) is 4.48. The van der Waals surface area contributed by atoms with Crippen molar-refractivity contribution in [2.45, 2.75) is 10.1 Å². The summed E-state index contributed by atoms with van der Waals surface area (Å²) in [5, 5.41) is 27.8. The summed E-state index contributed by atoms with van der Waals surface area (Å²) >= 11 is 1.87. The van der Waals surface area contributed by atoms with Gasteiger partial charge in [-0.05, 0) is 6.07 Å². The van der Waals surface area contributed by atoms with Crippen LogP contribution in [0.2, 0.25) is 0 Å². The molecular weight excluding hydrogens is 371 g/mol. The van der Waals surface area contributed by atoms with Gasteiger partial charge in [-0.2, -0.15) is 15.8 Å². The van der Waals surface area contributed by atoms with E-state index < -0.39 is 23.0 Å². The Labute approximate surface area is 147 Å². The minimum Gasteiger partial charge on any atom is -0.224 e. The fourth-order valence-corrected chi connectivity index (χ4v) is 4.22. The minimum absolute atomic E-state index is 0.173. The van der Waals surface area contributed by atoms with Crippen molar-refractivity contribution in [3.63, 3.8) is 0 Å². The topological polar surface area (TPSA) is 97.1 Å². The van der Waals surface area contributed by atoms with Crippen molar-refractivity contribution in [2.24, 2.45) is 0 Å². The number of thioether (sulfide) groups is 2. The Balaban J connectivity index is 2.13. The van der Waals surface area contributed by atoms with Crippen molar-refractivity contribution >= 4 is 29.1 Å². The van der Waals surface area contributed by atoms with Gasteiger partial charge in [0.1, 0.15) is 34.1 Å². The Morgan fingerprint density at radius 1 is 0.840 bits per heavy atom. The third-order valence-electron chi connectivity index (χ3n) is 3.02. The molecule has 2 heterocycles. The molecule has 0 atom stereocenters. The van der Waals surface area contributed by atoms with E-state index in [1.807, 2.05) is 0 Å². The largest absolute Gasteiger partial charge is 0.224 e. The molecule has 3 rings (SSSR count). The minimum atomic E-state index is -1.36. The summed E-state index contributed by atoms with van der Waals surface area (Å²) in [7, 11) is 0. The molecule has 0 spiro atoms. The Kier molecular flexibility index (Phi) is 4.37. The van der Waals surface area contributed by atoms with E-state index in [9.17, 15) is 18.4 Å². The number of allylic oxidation sites excluding steroid dienone is 1. The fourth-order valence-electron chi connectivity index (χ4n) is 1.92. The number of benzene rings is 1. The Morgan fingerprint density at radius 3 is 1.84 bits per heavy atom. The van der Waals surface area contributed by atoms with Crippen LogP contribution in [0.3, 0.4) is 0 Å². The average Bonchev–Trinajstić information content (AvgIpc) is 3.01. The number of nitriles is 3. The van der Waals surface area contributed by atoms with E-state index in [0.29, 0.717) is 12.1 Å². The number of hydrogen-bond donors (Lipinski definition) is 0. The first-order chi connectivity index (χ1) is 12.0. The highest BCUT2D eigenvalue weighted by Gasteiger charge is 2.28. The van der Waals surface area contributed by atoms with E-state index in [1.54, 1.807) is 18.2 Å². The molecule has 0 saturated heterocycles. The van der Waals surface area contributed by atoms with Crippen molar-refractivity contribution in [3.05, 3.63) is 50.8 Å². The maximum Gasteiger partial charge on any atom is 0.178 e. The number of aromatic nitrogens is 2. The summed E-state index contributed by atoms with van der Waals surface area (Å²) < 4.78 is 40.7. The van der Waals surface area contributed by atoms with Crippen molar-refractivity contribution < 1.29 is 13.2 Å². The molecule has 0 unspecified atom stereocenters. The smallest absolute Gasteiger partial charge is 0.178 e. The molecule has 0 radical (unpaired) electrons. The number of rotatable bonds is 1. The van der Waals surface area contributed by atoms with Crippen LogP contribution in [-0.2, 0) is 0 Å². The normalized spacial score (nSPS) is 12.1.